The number of nitrogens with zero attached hydrogens (tertiary/aromatic N) is 1. The van der Waals surface area contributed by atoms with Gasteiger partial charge in [-0.3, -0.25) is 14.9 Å². The molecule has 1 atom stereocenters. The number of carbonyl (C=O) groups excluding carboxylic acids is 1. The SMILES string of the molecule is CC(C)C(C)C(=O)OCC=Cc1ccc([N+](=O)[O-])cc1. The molecule has 0 bridgehead atoms. The first-order valence-corrected chi connectivity index (χ1v) is 6.49. The van der Waals surface area contributed by atoms with E-state index < -0.39 is 4.92 Å². The third-order valence-electron chi connectivity index (χ3n) is 3.11. The Kier molecular flexibility index (Phi) is 5.90. The number of carbonyl (C=O) groups is 1. The van der Waals surface area contributed by atoms with Crippen molar-refractivity contribution in [1.29, 1.82) is 0 Å². The fourth-order valence-electron chi connectivity index (χ4n) is 1.43. The summed E-state index contributed by atoms with van der Waals surface area (Å²) in [4.78, 5) is 21.6. The van der Waals surface area contributed by atoms with Crippen LogP contribution in [0.2, 0.25) is 0 Å². The van der Waals surface area contributed by atoms with Crippen LogP contribution >= 0.6 is 0 Å². The van der Waals surface area contributed by atoms with Crippen molar-refractivity contribution < 1.29 is 14.5 Å². The maximum absolute atomic E-state index is 11.6. The summed E-state index contributed by atoms with van der Waals surface area (Å²) in [5.41, 5.74) is 0.878. The van der Waals surface area contributed by atoms with E-state index in [0.717, 1.165) is 5.56 Å². The van der Waals surface area contributed by atoms with Gasteiger partial charge in [-0.15, -0.1) is 0 Å². The van der Waals surface area contributed by atoms with Crippen LogP contribution in [0.4, 0.5) is 5.69 Å². The van der Waals surface area contributed by atoms with Gasteiger partial charge in [-0.05, 0) is 29.7 Å². The summed E-state index contributed by atoms with van der Waals surface area (Å²) in [5.74, 6) is -0.0859. The molecule has 0 amide bonds. The minimum Gasteiger partial charge on any atom is -0.461 e. The zero-order valence-electron chi connectivity index (χ0n) is 11.9. The number of hydrogen-bond acceptors (Lipinski definition) is 4. The monoisotopic (exact) mass is 277 g/mol. The molecule has 5 nitrogen and oxygen atoms in total. The average Bonchev–Trinajstić information content (AvgIpc) is 2.42. The fourth-order valence-corrected chi connectivity index (χ4v) is 1.43. The predicted octanol–water partition coefficient (Wildman–Crippen LogP) is 3.44. The molecule has 0 saturated carbocycles. The van der Waals surface area contributed by atoms with Gasteiger partial charge in [-0.25, -0.2) is 0 Å². The van der Waals surface area contributed by atoms with Crippen LogP contribution in [0.25, 0.3) is 6.08 Å². The topological polar surface area (TPSA) is 69.4 Å². The van der Waals surface area contributed by atoms with Crippen molar-refractivity contribution in [3.63, 3.8) is 0 Å². The van der Waals surface area contributed by atoms with Crippen molar-refractivity contribution in [3.05, 3.63) is 46.0 Å². The number of ether oxygens (including phenoxy) is 1. The highest BCUT2D eigenvalue weighted by atomic mass is 16.6. The largest absolute Gasteiger partial charge is 0.461 e. The van der Waals surface area contributed by atoms with Crippen molar-refractivity contribution in [3.8, 4) is 0 Å². The maximum Gasteiger partial charge on any atom is 0.309 e. The number of hydrogen-bond donors (Lipinski definition) is 0. The normalized spacial score (nSPS) is 12.6. The van der Waals surface area contributed by atoms with Crippen LogP contribution in [0, 0.1) is 22.0 Å². The molecular formula is C15H19NO4. The van der Waals surface area contributed by atoms with Gasteiger partial charge in [0.05, 0.1) is 10.8 Å². The number of nitro benzene ring substituents is 1. The Morgan fingerprint density at radius 2 is 1.90 bits per heavy atom. The summed E-state index contributed by atoms with van der Waals surface area (Å²) in [6.45, 7) is 5.98. The lowest BCUT2D eigenvalue weighted by molar-refractivity contribution is -0.384. The van der Waals surface area contributed by atoms with Crippen molar-refractivity contribution >= 4 is 17.7 Å². The van der Waals surface area contributed by atoms with Crippen molar-refractivity contribution in [2.75, 3.05) is 6.61 Å². The Bertz CT molecular complexity index is 491. The molecule has 0 aliphatic heterocycles. The summed E-state index contributed by atoms with van der Waals surface area (Å²) in [6.07, 6.45) is 3.48. The van der Waals surface area contributed by atoms with Crippen LogP contribution in [-0.4, -0.2) is 17.5 Å². The van der Waals surface area contributed by atoms with E-state index in [-0.39, 0.29) is 30.1 Å². The lowest BCUT2D eigenvalue weighted by Gasteiger charge is -2.13. The van der Waals surface area contributed by atoms with Crippen molar-refractivity contribution in [2.24, 2.45) is 11.8 Å². The molecule has 0 fully saturated rings. The highest BCUT2D eigenvalue weighted by Gasteiger charge is 2.17. The Balaban J connectivity index is 2.45. The molecule has 108 valence electrons. The molecule has 0 saturated heterocycles. The quantitative estimate of drug-likeness (QED) is 0.453. The summed E-state index contributed by atoms with van der Waals surface area (Å²) >= 11 is 0. The van der Waals surface area contributed by atoms with Gasteiger partial charge in [0.2, 0.25) is 0 Å². The molecule has 1 rings (SSSR count). The van der Waals surface area contributed by atoms with Crippen LogP contribution in [0.1, 0.15) is 26.3 Å². The Morgan fingerprint density at radius 3 is 2.40 bits per heavy atom. The highest BCUT2D eigenvalue weighted by Crippen LogP contribution is 2.13. The number of nitro groups is 1. The first-order valence-electron chi connectivity index (χ1n) is 6.49. The van der Waals surface area contributed by atoms with Gasteiger partial charge in [0.15, 0.2) is 0 Å². The van der Waals surface area contributed by atoms with Crippen LogP contribution in [-0.2, 0) is 9.53 Å². The predicted molar refractivity (Wildman–Crippen MR) is 77.1 cm³/mol. The zero-order valence-corrected chi connectivity index (χ0v) is 11.9. The standard InChI is InChI=1S/C15H19NO4/c1-11(2)12(3)15(17)20-10-4-5-13-6-8-14(9-7-13)16(18)19/h4-9,11-12H,10H2,1-3H3. The van der Waals surface area contributed by atoms with Crippen LogP contribution in [0.5, 0.6) is 0 Å². The van der Waals surface area contributed by atoms with Gasteiger partial charge in [-0.1, -0.05) is 26.8 Å². The summed E-state index contributed by atoms with van der Waals surface area (Å²) in [5, 5.41) is 10.5. The molecule has 0 radical (unpaired) electrons. The minimum absolute atomic E-state index is 0.0549. The second kappa shape index (κ2) is 7.43. The fraction of sp³-hybridized carbons (Fsp3) is 0.400. The molecule has 20 heavy (non-hydrogen) atoms. The smallest absolute Gasteiger partial charge is 0.309 e. The van der Waals surface area contributed by atoms with Crippen LogP contribution < -0.4 is 0 Å². The van der Waals surface area contributed by atoms with E-state index in [1.165, 1.54) is 12.1 Å². The van der Waals surface area contributed by atoms with Gasteiger partial charge < -0.3 is 4.74 Å². The van der Waals surface area contributed by atoms with E-state index in [4.69, 9.17) is 4.74 Å². The minimum atomic E-state index is -0.442. The first kappa shape index (κ1) is 15.9. The van der Waals surface area contributed by atoms with E-state index in [2.05, 4.69) is 0 Å². The zero-order chi connectivity index (χ0) is 15.1. The van der Waals surface area contributed by atoms with E-state index in [1.807, 2.05) is 20.8 Å². The first-order chi connectivity index (χ1) is 9.41. The number of benzene rings is 1. The summed E-state index contributed by atoms with van der Waals surface area (Å²) < 4.78 is 5.11. The Morgan fingerprint density at radius 1 is 1.30 bits per heavy atom. The number of rotatable bonds is 6. The third kappa shape index (κ3) is 4.84. The van der Waals surface area contributed by atoms with Crippen LogP contribution in [0.3, 0.4) is 0 Å². The maximum atomic E-state index is 11.6. The van der Waals surface area contributed by atoms with Gasteiger partial charge in [0.25, 0.3) is 5.69 Å². The molecular weight excluding hydrogens is 258 g/mol. The third-order valence-corrected chi connectivity index (χ3v) is 3.11. The van der Waals surface area contributed by atoms with Gasteiger partial charge in [0.1, 0.15) is 6.61 Å². The summed E-state index contributed by atoms with van der Waals surface area (Å²) in [6, 6.07) is 6.17. The number of esters is 1. The van der Waals surface area contributed by atoms with Crippen LogP contribution in [0.15, 0.2) is 30.3 Å². The highest BCUT2D eigenvalue weighted by molar-refractivity contribution is 5.72. The molecule has 1 aromatic carbocycles. The number of non-ortho nitro benzene ring substituents is 1. The van der Waals surface area contributed by atoms with E-state index in [0.29, 0.717) is 0 Å². The molecule has 0 aliphatic carbocycles. The lowest BCUT2D eigenvalue weighted by Crippen LogP contribution is -2.19. The molecule has 5 heteroatoms. The second-order valence-corrected chi connectivity index (χ2v) is 4.91. The van der Waals surface area contributed by atoms with E-state index >= 15 is 0 Å². The van der Waals surface area contributed by atoms with Crippen molar-refractivity contribution in [1.82, 2.24) is 0 Å². The second-order valence-electron chi connectivity index (χ2n) is 4.91. The molecule has 0 heterocycles. The lowest BCUT2D eigenvalue weighted by atomic mass is 9.99. The van der Waals surface area contributed by atoms with E-state index in [1.54, 1.807) is 24.3 Å². The van der Waals surface area contributed by atoms with E-state index in [9.17, 15) is 14.9 Å². The molecule has 0 spiro atoms. The molecule has 0 aromatic heterocycles. The van der Waals surface area contributed by atoms with Gasteiger partial charge in [-0.2, -0.15) is 0 Å². The van der Waals surface area contributed by atoms with Crippen molar-refractivity contribution in [2.45, 2.75) is 20.8 Å². The Labute approximate surface area is 118 Å². The molecule has 1 unspecified atom stereocenters. The van der Waals surface area contributed by atoms with Gasteiger partial charge >= 0.3 is 5.97 Å². The Hall–Kier alpha value is -2.17. The molecule has 0 N–H and O–H groups in total. The molecule has 0 aliphatic rings. The average molecular weight is 277 g/mol. The summed E-state index contributed by atoms with van der Waals surface area (Å²) in [7, 11) is 0. The molecule has 1 aromatic rings. The van der Waals surface area contributed by atoms with Gasteiger partial charge in [0, 0.05) is 12.1 Å².